The highest BCUT2D eigenvalue weighted by Gasteiger charge is 2.14. The molecule has 3 rings (SSSR count). The summed E-state index contributed by atoms with van der Waals surface area (Å²) in [6, 6.07) is 12.4. The first-order chi connectivity index (χ1) is 12.0. The Bertz CT molecular complexity index is 937. The molecule has 0 atom stereocenters. The highest BCUT2D eigenvalue weighted by Crippen LogP contribution is 2.21. The minimum Gasteiger partial charge on any atom is -0.452 e. The second-order valence-electron chi connectivity index (χ2n) is 5.34. The largest absolute Gasteiger partial charge is 0.452 e. The van der Waals surface area contributed by atoms with Crippen molar-refractivity contribution in [1.29, 1.82) is 0 Å². The number of ether oxygens (including phenoxy) is 1. The molecule has 1 aromatic heterocycles. The number of esters is 1. The normalized spacial score (nSPS) is 10.6. The van der Waals surface area contributed by atoms with Gasteiger partial charge in [-0.25, -0.2) is 4.79 Å². The Labute approximate surface area is 153 Å². The van der Waals surface area contributed by atoms with Gasteiger partial charge in [0.2, 0.25) is 0 Å². The van der Waals surface area contributed by atoms with E-state index in [4.69, 9.17) is 27.9 Å². The van der Waals surface area contributed by atoms with Gasteiger partial charge in [-0.2, -0.15) is 0 Å². The molecule has 128 valence electrons. The number of halogens is 2. The lowest BCUT2D eigenvalue weighted by Crippen LogP contribution is -2.28. The summed E-state index contributed by atoms with van der Waals surface area (Å²) in [5, 5.41) is 4.38. The van der Waals surface area contributed by atoms with Crippen molar-refractivity contribution in [1.82, 2.24) is 10.3 Å². The van der Waals surface area contributed by atoms with Gasteiger partial charge in [0, 0.05) is 33.7 Å². The number of benzene rings is 2. The summed E-state index contributed by atoms with van der Waals surface area (Å²) in [6.45, 7) is -0.150. The van der Waals surface area contributed by atoms with E-state index >= 15 is 0 Å². The van der Waals surface area contributed by atoms with E-state index in [9.17, 15) is 9.59 Å². The molecule has 2 aromatic carbocycles. The molecule has 0 spiro atoms. The molecule has 1 amide bonds. The van der Waals surface area contributed by atoms with E-state index in [1.807, 2.05) is 24.3 Å². The van der Waals surface area contributed by atoms with E-state index in [0.29, 0.717) is 15.6 Å². The fourth-order valence-electron chi connectivity index (χ4n) is 2.36. The number of amides is 1. The summed E-state index contributed by atoms with van der Waals surface area (Å²) in [6.07, 6.45) is 1.57. The monoisotopic (exact) mass is 376 g/mol. The third-order valence-electron chi connectivity index (χ3n) is 3.63. The number of H-pyrrole nitrogens is 1. The standard InChI is InChI=1S/C18H14Cl2N2O3/c19-12-6-5-11(15(20)7-12)8-22-17(23)10-25-18(24)14-9-21-16-4-2-1-3-13(14)16/h1-7,9,21H,8,10H2,(H,22,23). The van der Waals surface area contributed by atoms with Crippen molar-refractivity contribution >= 4 is 46.0 Å². The first-order valence-corrected chi connectivity index (χ1v) is 8.24. The zero-order valence-corrected chi connectivity index (χ0v) is 14.5. The summed E-state index contributed by atoms with van der Waals surface area (Å²) >= 11 is 11.9. The fraction of sp³-hybridized carbons (Fsp3) is 0.111. The van der Waals surface area contributed by atoms with Crippen LogP contribution in [-0.2, 0) is 16.1 Å². The molecule has 2 N–H and O–H groups in total. The lowest BCUT2D eigenvalue weighted by molar-refractivity contribution is -0.124. The van der Waals surface area contributed by atoms with Gasteiger partial charge in [0.1, 0.15) is 0 Å². The molecule has 0 fully saturated rings. The molecule has 0 bridgehead atoms. The summed E-state index contributed by atoms with van der Waals surface area (Å²) in [4.78, 5) is 27.0. The molecule has 0 radical (unpaired) electrons. The first-order valence-electron chi connectivity index (χ1n) is 7.48. The van der Waals surface area contributed by atoms with Crippen LogP contribution in [0.25, 0.3) is 10.9 Å². The van der Waals surface area contributed by atoms with Crippen molar-refractivity contribution in [2.45, 2.75) is 6.54 Å². The highest BCUT2D eigenvalue weighted by atomic mass is 35.5. The average molecular weight is 377 g/mol. The number of hydrogen-bond acceptors (Lipinski definition) is 3. The van der Waals surface area contributed by atoms with Crippen LogP contribution in [0.2, 0.25) is 10.0 Å². The molecule has 0 saturated carbocycles. The van der Waals surface area contributed by atoms with Crippen LogP contribution in [-0.4, -0.2) is 23.5 Å². The number of nitrogens with one attached hydrogen (secondary N) is 2. The Kier molecular flexibility index (Phi) is 5.26. The Morgan fingerprint density at radius 3 is 2.72 bits per heavy atom. The third kappa shape index (κ3) is 4.13. The van der Waals surface area contributed by atoms with Crippen molar-refractivity contribution in [3.8, 4) is 0 Å². The molecule has 25 heavy (non-hydrogen) atoms. The fourth-order valence-corrected chi connectivity index (χ4v) is 2.83. The SMILES string of the molecule is O=C(COC(=O)c1c[nH]c2ccccc12)NCc1ccc(Cl)cc1Cl. The van der Waals surface area contributed by atoms with Crippen LogP contribution < -0.4 is 5.32 Å². The summed E-state index contributed by atoms with van der Waals surface area (Å²) in [7, 11) is 0. The van der Waals surface area contributed by atoms with E-state index in [2.05, 4.69) is 10.3 Å². The number of carbonyl (C=O) groups excluding carboxylic acids is 2. The molecular weight excluding hydrogens is 363 g/mol. The minimum absolute atomic E-state index is 0.222. The molecule has 1 heterocycles. The molecule has 0 unspecified atom stereocenters. The van der Waals surface area contributed by atoms with Gasteiger partial charge in [-0.3, -0.25) is 4.79 Å². The smallest absolute Gasteiger partial charge is 0.340 e. The minimum atomic E-state index is -0.558. The topological polar surface area (TPSA) is 71.2 Å². The number of para-hydroxylation sites is 1. The second-order valence-corrected chi connectivity index (χ2v) is 6.18. The van der Waals surface area contributed by atoms with Crippen LogP contribution in [0.3, 0.4) is 0 Å². The van der Waals surface area contributed by atoms with Crippen LogP contribution >= 0.6 is 23.2 Å². The van der Waals surface area contributed by atoms with Crippen LogP contribution in [0.5, 0.6) is 0 Å². The number of fused-ring (bicyclic) bond motifs is 1. The molecule has 5 nitrogen and oxygen atoms in total. The van der Waals surface area contributed by atoms with Gasteiger partial charge in [0.15, 0.2) is 6.61 Å². The van der Waals surface area contributed by atoms with E-state index < -0.39 is 11.9 Å². The lowest BCUT2D eigenvalue weighted by Gasteiger charge is -2.08. The van der Waals surface area contributed by atoms with Gasteiger partial charge in [-0.15, -0.1) is 0 Å². The van der Waals surface area contributed by atoms with E-state index in [1.165, 1.54) is 0 Å². The van der Waals surface area contributed by atoms with Gasteiger partial charge in [0.05, 0.1) is 5.56 Å². The molecular formula is C18H14Cl2N2O3. The van der Waals surface area contributed by atoms with Crippen molar-refractivity contribution < 1.29 is 14.3 Å². The molecule has 0 saturated heterocycles. The zero-order valence-electron chi connectivity index (χ0n) is 13.0. The van der Waals surface area contributed by atoms with Crippen LogP contribution in [0.15, 0.2) is 48.7 Å². The maximum Gasteiger partial charge on any atom is 0.340 e. The summed E-state index contributed by atoms with van der Waals surface area (Å²) in [5.74, 6) is -0.976. The van der Waals surface area contributed by atoms with Gasteiger partial charge in [0.25, 0.3) is 5.91 Å². The molecule has 0 aliphatic heterocycles. The summed E-state index contributed by atoms with van der Waals surface area (Å²) in [5.41, 5.74) is 1.95. The van der Waals surface area contributed by atoms with Crippen LogP contribution in [0.4, 0.5) is 0 Å². The quantitative estimate of drug-likeness (QED) is 0.662. The van der Waals surface area contributed by atoms with Crippen molar-refractivity contribution in [3.05, 3.63) is 69.8 Å². The van der Waals surface area contributed by atoms with E-state index in [-0.39, 0.29) is 13.2 Å². The average Bonchev–Trinajstić information content (AvgIpc) is 3.03. The number of aromatic amines is 1. The van der Waals surface area contributed by atoms with E-state index in [0.717, 1.165) is 16.5 Å². The van der Waals surface area contributed by atoms with Gasteiger partial charge in [-0.1, -0.05) is 47.5 Å². The number of rotatable bonds is 5. The van der Waals surface area contributed by atoms with E-state index in [1.54, 1.807) is 24.4 Å². The predicted octanol–water partition coefficient (Wildman–Crippen LogP) is 3.95. The maximum absolute atomic E-state index is 12.1. The second kappa shape index (κ2) is 7.59. The Morgan fingerprint density at radius 2 is 1.92 bits per heavy atom. The van der Waals surface area contributed by atoms with Gasteiger partial charge < -0.3 is 15.0 Å². The Morgan fingerprint density at radius 1 is 1.12 bits per heavy atom. The number of aromatic nitrogens is 1. The zero-order chi connectivity index (χ0) is 17.8. The van der Waals surface area contributed by atoms with Gasteiger partial charge in [-0.05, 0) is 23.8 Å². The van der Waals surface area contributed by atoms with Crippen molar-refractivity contribution in [2.75, 3.05) is 6.61 Å². The summed E-state index contributed by atoms with van der Waals surface area (Å²) < 4.78 is 5.07. The van der Waals surface area contributed by atoms with Crippen LogP contribution in [0, 0.1) is 0 Å². The Hall–Kier alpha value is -2.50. The molecule has 0 aliphatic carbocycles. The number of hydrogen-bond donors (Lipinski definition) is 2. The lowest BCUT2D eigenvalue weighted by atomic mass is 10.2. The van der Waals surface area contributed by atoms with Crippen LogP contribution in [0.1, 0.15) is 15.9 Å². The first kappa shape index (κ1) is 17.3. The number of carbonyl (C=O) groups is 2. The predicted molar refractivity (Wildman–Crippen MR) is 96.9 cm³/mol. The highest BCUT2D eigenvalue weighted by molar-refractivity contribution is 6.35. The Balaban J connectivity index is 1.54. The molecule has 0 aliphatic rings. The third-order valence-corrected chi connectivity index (χ3v) is 4.22. The van der Waals surface area contributed by atoms with Gasteiger partial charge >= 0.3 is 5.97 Å². The molecule has 7 heteroatoms. The maximum atomic E-state index is 12.1. The van der Waals surface area contributed by atoms with Crippen molar-refractivity contribution in [3.63, 3.8) is 0 Å². The van der Waals surface area contributed by atoms with Crippen molar-refractivity contribution in [2.24, 2.45) is 0 Å². The molecule has 3 aromatic rings.